The van der Waals surface area contributed by atoms with E-state index in [-0.39, 0.29) is 5.78 Å². The largest absolute Gasteiger partial charge is 0.295 e. The van der Waals surface area contributed by atoms with Gasteiger partial charge in [-0.25, -0.2) is 0 Å². The molecule has 0 saturated heterocycles. The van der Waals surface area contributed by atoms with Gasteiger partial charge in [0.2, 0.25) is 0 Å². The van der Waals surface area contributed by atoms with Gasteiger partial charge in [-0.3, -0.25) is 9.79 Å². The van der Waals surface area contributed by atoms with Crippen LogP contribution in [0.5, 0.6) is 0 Å². The SMILES string of the molecule is CN=C(C)c1ccc(C(C)=O)cc1. The van der Waals surface area contributed by atoms with Gasteiger partial charge in [-0.15, -0.1) is 0 Å². The quantitative estimate of drug-likeness (QED) is 0.501. The van der Waals surface area contributed by atoms with Crippen LogP contribution in [0.4, 0.5) is 0 Å². The van der Waals surface area contributed by atoms with Crippen LogP contribution in [0.3, 0.4) is 0 Å². The van der Waals surface area contributed by atoms with Crippen LogP contribution < -0.4 is 0 Å². The molecule has 0 bridgehead atoms. The average Bonchev–Trinajstić information content (AvgIpc) is 2.17. The van der Waals surface area contributed by atoms with Crippen LogP contribution in [0, 0.1) is 0 Å². The summed E-state index contributed by atoms with van der Waals surface area (Å²) in [4.78, 5) is 15.0. The van der Waals surface area contributed by atoms with Gasteiger partial charge in [0.1, 0.15) is 0 Å². The minimum atomic E-state index is 0.0950. The summed E-state index contributed by atoms with van der Waals surface area (Å²) in [7, 11) is 1.76. The monoisotopic (exact) mass is 175 g/mol. The van der Waals surface area contributed by atoms with Crippen LogP contribution >= 0.6 is 0 Å². The van der Waals surface area contributed by atoms with Crippen molar-refractivity contribution in [3.05, 3.63) is 35.4 Å². The van der Waals surface area contributed by atoms with Crippen LogP contribution in [0.2, 0.25) is 0 Å². The molecule has 1 rings (SSSR count). The highest BCUT2D eigenvalue weighted by molar-refractivity contribution is 6.00. The zero-order chi connectivity index (χ0) is 9.84. The van der Waals surface area contributed by atoms with E-state index in [4.69, 9.17) is 0 Å². The van der Waals surface area contributed by atoms with Crippen LogP contribution in [0.1, 0.15) is 29.8 Å². The van der Waals surface area contributed by atoms with E-state index < -0.39 is 0 Å². The molecule has 0 atom stereocenters. The van der Waals surface area contributed by atoms with E-state index in [1.807, 2.05) is 31.2 Å². The average molecular weight is 175 g/mol. The van der Waals surface area contributed by atoms with Gasteiger partial charge in [0.25, 0.3) is 0 Å². The Bertz CT molecular complexity index is 336. The van der Waals surface area contributed by atoms with E-state index in [1.54, 1.807) is 14.0 Å². The third-order valence-electron chi connectivity index (χ3n) is 2.04. The van der Waals surface area contributed by atoms with Gasteiger partial charge in [0.05, 0.1) is 0 Å². The lowest BCUT2D eigenvalue weighted by atomic mass is 10.1. The molecule has 0 amide bonds. The predicted octanol–water partition coefficient (Wildman–Crippen LogP) is 2.33. The lowest BCUT2D eigenvalue weighted by Crippen LogP contribution is -1.96. The first-order valence-electron chi connectivity index (χ1n) is 4.20. The van der Waals surface area contributed by atoms with Crippen molar-refractivity contribution in [1.82, 2.24) is 0 Å². The van der Waals surface area contributed by atoms with E-state index in [1.165, 1.54) is 0 Å². The Morgan fingerprint density at radius 3 is 1.92 bits per heavy atom. The van der Waals surface area contributed by atoms with Gasteiger partial charge in [0.15, 0.2) is 5.78 Å². The van der Waals surface area contributed by atoms with Crippen molar-refractivity contribution in [2.24, 2.45) is 4.99 Å². The summed E-state index contributed by atoms with van der Waals surface area (Å²) in [5.41, 5.74) is 2.79. The van der Waals surface area contributed by atoms with Crippen molar-refractivity contribution in [2.75, 3.05) is 7.05 Å². The molecule has 0 unspecified atom stereocenters. The Morgan fingerprint density at radius 2 is 1.54 bits per heavy atom. The first-order valence-corrected chi connectivity index (χ1v) is 4.20. The summed E-state index contributed by atoms with van der Waals surface area (Å²) >= 11 is 0. The maximum absolute atomic E-state index is 11.0. The molecule has 1 aromatic carbocycles. The van der Waals surface area contributed by atoms with Gasteiger partial charge in [-0.2, -0.15) is 0 Å². The van der Waals surface area contributed by atoms with Crippen molar-refractivity contribution in [2.45, 2.75) is 13.8 Å². The van der Waals surface area contributed by atoms with Crippen LogP contribution in [0.25, 0.3) is 0 Å². The number of rotatable bonds is 2. The fourth-order valence-corrected chi connectivity index (χ4v) is 1.08. The van der Waals surface area contributed by atoms with Gasteiger partial charge >= 0.3 is 0 Å². The Kier molecular flexibility index (Phi) is 2.96. The molecule has 1 aromatic rings. The fraction of sp³-hybridized carbons (Fsp3) is 0.273. The van der Waals surface area contributed by atoms with E-state index >= 15 is 0 Å². The molecule has 0 saturated carbocycles. The number of carbonyl (C=O) groups excluding carboxylic acids is 1. The van der Waals surface area contributed by atoms with Crippen molar-refractivity contribution < 1.29 is 4.79 Å². The van der Waals surface area contributed by atoms with Crippen molar-refractivity contribution in [1.29, 1.82) is 0 Å². The molecule has 0 aromatic heterocycles. The highest BCUT2D eigenvalue weighted by Gasteiger charge is 1.99. The zero-order valence-corrected chi connectivity index (χ0v) is 8.16. The van der Waals surface area contributed by atoms with E-state index in [0.29, 0.717) is 0 Å². The number of ketones is 1. The van der Waals surface area contributed by atoms with Crippen LogP contribution in [-0.2, 0) is 0 Å². The topological polar surface area (TPSA) is 29.4 Å². The molecular formula is C11H13NO. The lowest BCUT2D eigenvalue weighted by Gasteiger charge is -2.00. The number of aliphatic imine (C=N–C) groups is 1. The Hall–Kier alpha value is -1.44. The second-order valence-corrected chi connectivity index (χ2v) is 2.94. The van der Waals surface area contributed by atoms with E-state index in [2.05, 4.69) is 4.99 Å². The molecule has 0 aliphatic carbocycles. The molecule has 2 heteroatoms. The fourth-order valence-electron chi connectivity index (χ4n) is 1.08. The number of benzene rings is 1. The number of nitrogens with zero attached hydrogens (tertiary/aromatic N) is 1. The number of carbonyl (C=O) groups is 1. The van der Waals surface area contributed by atoms with Crippen molar-refractivity contribution in [3.63, 3.8) is 0 Å². The second-order valence-electron chi connectivity index (χ2n) is 2.94. The highest BCUT2D eigenvalue weighted by atomic mass is 16.1. The van der Waals surface area contributed by atoms with Gasteiger partial charge in [-0.1, -0.05) is 24.3 Å². The molecule has 2 nitrogen and oxygen atoms in total. The zero-order valence-electron chi connectivity index (χ0n) is 8.16. The van der Waals surface area contributed by atoms with Gasteiger partial charge < -0.3 is 0 Å². The Labute approximate surface area is 78.3 Å². The summed E-state index contributed by atoms with van der Waals surface area (Å²) in [6.07, 6.45) is 0. The summed E-state index contributed by atoms with van der Waals surface area (Å²) in [6, 6.07) is 7.48. The third-order valence-corrected chi connectivity index (χ3v) is 2.04. The van der Waals surface area contributed by atoms with E-state index in [0.717, 1.165) is 16.8 Å². The molecule has 0 heterocycles. The maximum atomic E-state index is 11.0. The van der Waals surface area contributed by atoms with Crippen molar-refractivity contribution >= 4 is 11.5 Å². The third kappa shape index (κ3) is 2.25. The molecular weight excluding hydrogens is 162 g/mol. The maximum Gasteiger partial charge on any atom is 0.159 e. The van der Waals surface area contributed by atoms with Crippen molar-refractivity contribution in [3.8, 4) is 0 Å². The summed E-state index contributed by atoms with van der Waals surface area (Å²) in [5.74, 6) is 0.0950. The Morgan fingerprint density at radius 1 is 1.08 bits per heavy atom. The summed E-state index contributed by atoms with van der Waals surface area (Å²) in [6.45, 7) is 3.51. The Balaban J connectivity index is 3.00. The van der Waals surface area contributed by atoms with Crippen LogP contribution in [-0.4, -0.2) is 18.5 Å². The van der Waals surface area contributed by atoms with Crippen LogP contribution in [0.15, 0.2) is 29.3 Å². The van der Waals surface area contributed by atoms with Gasteiger partial charge in [-0.05, 0) is 19.4 Å². The molecule has 0 aliphatic rings. The molecule has 68 valence electrons. The predicted molar refractivity (Wildman–Crippen MR) is 54.6 cm³/mol. The first-order chi connectivity index (χ1) is 6.15. The molecule has 0 aliphatic heterocycles. The first kappa shape index (κ1) is 9.65. The number of hydrogen-bond acceptors (Lipinski definition) is 2. The molecule has 0 N–H and O–H groups in total. The number of Topliss-reactive ketones (excluding diaryl/α,β-unsaturated/α-hetero) is 1. The molecule has 0 spiro atoms. The normalized spacial score (nSPS) is 11.5. The molecule has 0 radical (unpaired) electrons. The number of hydrogen-bond donors (Lipinski definition) is 0. The van der Waals surface area contributed by atoms with E-state index in [9.17, 15) is 4.79 Å². The smallest absolute Gasteiger partial charge is 0.159 e. The summed E-state index contributed by atoms with van der Waals surface area (Å²) in [5, 5.41) is 0. The van der Waals surface area contributed by atoms with Gasteiger partial charge in [0, 0.05) is 18.3 Å². The second kappa shape index (κ2) is 3.99. The lowest BCUT2D eigenvalue weighted by molar-refractivity contribution is 0.101. The minimum absolute atomic E-state index is 0.0950. The molecule has 0 fully saturated rings. The molecule has 13 heavy (non-hydrogen) atoms. The minimum Gasteiger partial charge on any atom is -0.295 e. The standard InChI is InChI=1S/C11H13NO/c1-8(12-3)10-4-6-11(7-5-10)9(2)13/h4-7H,1-3H3. The summed E-state index contributed by atoms with van der Waals surface area (Å²) < 4.78 is 0. The highest BCUT2D eigenvalue weighted by Crippen LogP contribution is 2.06.